The van der Waals surface area contributed by atoms with Crippen LogP contribution in [0.15, 0.2) is 41.3 Å². The van der Waals surface area contributed by atoms with Crippen LogP contribution in [0, 0.1) is 5.41 Å². The topological polar surface area (TPSA) is 90.3 Å². The molecule has 1 aliphatic rings. The van der Waals surface area contributed by atoms with Gasteiger partial charge in [0, 0.05) is 42.5 Å². The third-order valence-electron chi connectivity index (χ3n) is 5.39. The van der Waals surface area contributed by atoms with E-state index in [1.807, 2.05) is 0 Å². The molecule has 0 spiro atoms. The number of carbonyl (C=O) groups excluding carboxylic acids is 1. The maximum absolute atomic E-state index is 13.7. The van der Waals surface area contributed by atoms with Gasteiger partial charge in [0.25, 0.3) is 5.91 Å². The molecule has 0 unspecified atom stereocenters. The number of benzene rings is 2. The van der Waals surface area contributed by atoms with Gasteiger partial charge >= 0.3 is 6.18 Å². The van der Waals surface area contributed by atoms with Crippen molar-refractivity contribution in [3.05, 3.63) is 63.7 Å². The van der Waals surface area contributed by atoms with Crippen molar-refractivity contribution in [1.82, 2.24) is 10.2 Å². The van der Waals surface area contributed by atoms with Gasteiger partial charge in [0.05, 0.1) is 16.2 Å². The number of sulfone groups is 1. The van der Waals surface area contributed by atoms with Crippen LogP contribution in [-0.2, 0) is 29.1 Å². The summed E-state index contributed by atoms with van der Waals surface area (Å²) in [6, 6.07) is 7.55. The summed E-state index contributed by atoms with van der Waals surface area (Å²) in [4.78, 5) is 14.4. The maximum Gasteiger partial charge on any atom is 0.416 e. The van der Waals surface area contributed by atoms with Crippen molar-refractivity contribution in [2.24, 2.45) is 0 Å². The largest absolute Gasteiger partial charge is 0.416 e. The molecule has 11 heteroatoms. The zero-order valence-electron chi connectivity index (χ0n) is 17.8. The highest BCUT2D eigenvalue weighted by Crippen LogP contribution is 2.34. The van der Waals surface area contributed by atoms with Crippen molar-refractivity contribution in [3.8, 4) is 0 Å². The highest BCUT2D eigenvalue weighted by Gasteiger charge is 2.35. The molecule has 1 heterocycles. The Morgan fingerprint density at radius 3 is 2.52 bits per heavy atom. The molecule has 1 aliphatic heterocycles. The summed E-state index contributed by atoms with van der Waals surface area (Å²) in [7, 11) is -3.58. The summed E-state index contributed by atoms with van der Waals surface area (Å²) >= 11 is 5.96. The SMILES string of the molecule is CCS(=O)(=O)c1ccc(Cl)cc1CNC(=O)c1ccc(CN2CCC(=N)C2)c(C(F)(F)F)c1. The second-order valence-electron chi connectivity index (χ2n) is 7.77. The van der Waals surface area contributed by atoms with Gasteiger partial charge in [0.1, 0.15) is 0 Å². The number of hydrogen-bond acceptors (Lipinski definition) is 5. The molecule has 33 heavy (non-hydrogen) atoms. The summed E-state index contributed by atoms with van der Waals surface area (Å²) in [6.07, 6.45) is -4.13. The second kappa shape index (κ2) is 9.82. The molecule has 1 amide bonds. The summed E-state index contributed by atoms with van der Waals surface area (Å²) in [5, 5.41) is 10.4. The summed E-state index contributed by atoms with van der Waals surface area (Å²) in [5.74, 6) is -0.919. The molecule has 2 aromatic carbocycles. The zero-order chi connectivity index (χ0) is 24.4. The minimum absolute atomic E-state index is 0.0113. The fraction of sp³-hybridized carbons (Fsp3) is 0.364. The van der Waals surface area contributed by atoms with E-state index in [1.165, 1.54) is 37.3 Å². The lowest BCUT2D eigenvalue weighted by atomic mass is 10.0. The van der Waals surface area contributed by atoms with Crippen molar-refractivity contribution in [2.45, 2.75) is 37.5 Å². The van der Waals surface area contributed by atoms with Crippen LogP contribution in [0.5, 0.6) is 0 Å². The summed E-state index contributed by atoms with van der Waals surface area (Å²) in [5.41, 5.74) is -0.348. The van der Waals surface area contributed by atoms with Crippen LogP contribution in [0.3, 0.4) is 0 Å². The minimum atomic E-state index is -4.66. The summed E-state index contributed by atoms with van der Waals surface area (Å²) in [6.45, 7) is 2.13. The molecule has 178 valence electrons. The van der Waals surface area contributed by atoms with Crippen LogP contribution in [0.25, 0.3) is 0 Å². The number of hydrogen-bond donors (Lipinski definition) is 2. The molecule has 2 N–H and O–H groups in total. The highest BCUT2D eigenvalue weighted by atomic mass is 35.5. The fourth-order valence-corrected chi connectivity index (χ4v) is 4.95. The first-order chi connectivity index (χ1) is 15.4. The maximum atomic E-state index is 13.7. The molecule has 1 fully saturated rings. The fourth-order valence-electron chi connectivity index (χ4n) is 3.64. The van der Waals surface area contributed by atoms with Crippen molar-refractivity contribution in [1.29, 1.82) is 5.41 Å². The molecule has 0 aromatic heterocycles. The lowest BCUT2D eigenvalue weighted by Gasteiger charge is -2.19. The molecular weight excluding hydrogens is 479 g/mol. The predicted molar refractivity (Wildman–Crippen MR) is 119 cm³/mol. The molecule has 1 saturated heterocycles. The molecule has 0 aliphatic carbocycles. The van der Waals surface area contributed by atoms with E-state index in [2.05, 4.69) is 5.32 Å². The molecule has 3 rings (SSSR count). The number of alkyl halides is 3. The van der Waals surface area contributed by atoms with Gasteiger partial charge in [-0.2, -0.15) is 13.2 Å². The Morgan fingerprint density at radius 2 is 1.91 bits per heavy atom. The van der Waals surface area contributed by atoms with Crippen molar-refractivity contribution in [2.75, 3.05) is 18.8 Å². The third-order valence-corrected chi connectivity index (χ3v) is 7.46. The van der Waals surface area contributed by atoms with E-state index < -0.39 is 27.5 Å². The van der Waals surface area contributed by atoms with Crippen molar-refractivity contribution < 1.29 is 26.4 Å². The van der Waals surface area contributed by atoms with Crippen molar-refractivity contribution >= 4 is 33.1 Å². The second-order valence-corrected chi connectivity index (χ2v) is 10.5. The molecule has 0 atom stereocenters. The lowest BCUT2D eigenvalue weighted by Crippen LogP contribution is -2.26. The van der Waals surface area contributed by atoms with E-state index in [-0.39, 0.29) is 45.5 Å². The van der Waals surface area contributed by atoms with Crippen LogP contribution in [-0.4, -0.2) is 43.8 Å². The standard InChI is InChI=1S/C22H23ClF3N3O3S/c1-2-33(31,32)20-6-5-17(23)9-16(20)11-28-21(30)14-3-4-15(19(10-14)22(24,25)26)12-29-8-7-18(27)13-29/h3-6,9-10,27H,2,7-8,11-13H2,1H3,(H,28,30). The zero-order valence-corrected chi connectivity index (χ0v) is 19.4. The molecule has 6 nitrogen and oxygen atoms in total. The Morgan fingerprint density at radius 1 is 1.18 bits per heavy atom. The van der Waals surface area contributed by atoms with Crippen LogP contribution >= 0.6 is 11.6 Å². The average molecular weight is 502 g/mol. The smallest absolute Gasteiger partial charge is 0.348 e. The normalized spacial score (nSPS) is 15.1. The van der Waals surface area contributed by atoms with E-state index in [1.54, 1.807) is 4.90 Å². The van der Waals surface area contributed by atoms with Gasteiger partial charge in [0.15, 0.2) is 9.84 Å². The predicted octanol–water partition coefficient (Wildman–Crippen LogP) is 4.31. The van der Waals surface area contributed by atoms with Crippen molar-refractivity contribution in [3.63, 3.8) is 0 Å². The van der Waals surface area contributed by atoms with E-state index in [4.69, 9.17) is 17.0 Å². The Labute approximate surface area is 195 Å². The number of nitrogens with zero attached hydrogens (tertiary/aromatic N) is 1. The van der Waals surface area contributed by atoms with E-state index in [9.17, 15) is 26.4 Å². The average Bonchev–Trinajstić information content (AvgIpc) is 3.15. The molecule has 2 aromatic rings. The number of likely N-dealkylation sites (tertiary alicyclic amines) is 1. The van der Waals surface area contributed by atoms with Gasteiger partial charge in [-0.1, -0.05) is 24.6 Å². The van der Waals surface area contributed by atoms with E-state index in [0.29, 0.717) is 25.2 Å². The first-order valence-electron chi connectivity index (χ1n) is 10.2. The Kier molecular flexibility index (Phi) is 7.50. The molecule has 0 radical (unpaired) electrons. The van der Waals surface area contributed by atoms with Crippen LogP contribution in [0.1, 0.15) is 40.4 Å². The number of rotatable bonds is 7. The number of amides is 1. The minimum Gasteiger partial charge on any atom is -0.348 e. The first-order valence-corrected chi connectivity index (χ1v) is 12.2. The third kappa shape index (κ3) is 6.13. The van der Waals surface area contributed by atoms with Crippen LogP contribution in [0.2, 0.25) is 5.02 Å². The monoisotopic (exact) mass is 501 g/mol. The van der Waals surface area contributed by atoms with Gasteiger partial charge in [-0.3, -0.25) is 9.69 Å². The Bertz CT molecular complexity index is 1180. The van der Waals surface area contributed by atoms with Crippen LogP contribution in [0.4, 0.5) is 13.2 Å². The lowest BCUT2D eigenvalue weighted by molar-refractivity contribution is -0.138. The number of nitrogens with one attached hydrogen (secondary N) is 2. The molecule has 0 bridgehead atoms. The van der Waals surface area contributed by atoms with E-state index in [0.717, 1.165) is 6.07 Å². The quantitative estimate of drug-likeness (QED) is 0.591. The summed E-state index contributed by atoms with van der Waals surface area (Å²) < 4.78 is 65.7. The molecular formula is C22H23ClF3N3O3S. The number of halogens is 4. The Balaban J connectivity index is 1.82. The van der Waals surface area contributed by atoms with E-state index >= 15 is 0 Å². The van der Waals surface area contributed by atoms with Gasteiger partial charge < -0.3 is 10.7 Å². The van der Waals surface area contributed by atoms with Gasteiger partial charge in [-0.25, -0.2) is 8.42 Å². The molecule has 0 saturated carbocycles. The van der Waals surface area contributed by atoms with Gasteiger partial charge in [-0.15, -0.1) is 0 Å². The first kappa shape index (κ1) is 25.2. The highest BCUT2D eigenvalue weighted by molar-refractivity contribution is 7.91. The number of carbonyl (C=O) groups is 1. The van der Waals surface area contributed by atoms with Gasteiger partial charge in [-0.05, 0) is 47.9 Å². The Hall–Kier alpha value is -2.43. The van der Waals surface area contributed by atoms with Gasteiger partial charge in [0.2, 0.25) is 0 Å². The van der Waals surface area contributed by atoms with Crippen LogP contribution < -0.4 is 5.32 Å².